The SMILES string of the molecule is CCCCCCCC/C=C\CCCCCCCC(=O)OCCCOC(=O)CC. The van der Waals surface area contributed by atoms with E-state index in [1.807, 2.05) is 0 Å². The number of unbranched alkanes of at least 4 members (excludes halogenated alkanes) is 11. The van der Waals surface area contributed by atoms with Crippen molar-refractivity contribution in [2.75, 3.05) is 13.2 Å². The Morgan fingerprint density at radius 2 is 1.11 bits per heavy atom. The molecule has 0 spiro atoms. The van der Waals surface area contributed by atoms with Gasteiger partial charge in [0.15, 0.2) is 0 Å². The van der Waals surface area contributed by atoms with Crippen molar-refractivity contribution in [3.05, 3.63) is 12.2 Å². The maximum absolute atomic E-state index is 11.6. The molecule has 28 heavy (non-hydrogen) atoms. The molecule has 0 bridgehead atoms. The molecule has 0 saturated heterocycles. The lowest BCUT2D eigenvalue weighted by molar-refractivity contribution is -0.146. The number of hydrogen-bond acceptors (Lipinski definition) is 4. The average Bonchev–Trinajstić information content (AvgIpc) is 2.70. The van der Waals surface area contributed by atoms with Gasteiger partial charge in [-0.05, 0) is 32.1 Å². The minimum atomic E-state index is -0.209. The molecule has 4 nitrogen and oxygen atoms in total. The summed E-state index contributed by atoms with van der Waals surface area (Å²) in [4.78, 5) is 22.5. The molecule has 0 aliphatic rings. The zero-order chi connectivity index (χ0) is 20.7. The highest BCUT2D eigenvalue weighted by Gasteiger charge is 2.03. The third-order valence-electron chi connectivity index (χ3n) is 4.75. The zero-order valence-electron chi connectivity index (χ0n) is 18.5. The van der Waals surface area contributed by atoms with Crippen LogP contribution in [0.2, 0.25) is 0 Å². The molecule has 0 aliphatic heterocycles. The molecule has 0 atom stereocenters. The number of allylic oxidation sites excluding steroid dienone is 2. The number of ether oxygens (including phenoxy) is 2. The molecule has 0 fully saturated rings. The highest BCUT2D eigenvalue weighted by molar-refractivity contribution is 5.69. The van der Waals surface area contributed by atoms with E-state index in [0.717, 1.165) is 12.8 Å². The van der Waals surface area contributed by atoms with E-state index in [1.165, 1.54) is 70.6 Å². The Morgan fingerprint density at radius 1 is 0.607 bits per heavy atom. The largest absolute Gasteiger partial charge is 0.466 e. The Bertz CT molecular complexity index is 390. The van der Waals surface area contributed by atoms with Crippen LogP contribution in [0.15, 0.2) is 12.2 Å². The average molecular weight is 397 g/mol. The van der Waals surface area contributed by atoms with E-state index < -0.39 is 0 Å². The van der Waals surface area contributed by atoms with Crippen LogP contribution in [-0.2, 0) is 19.1 Å². The smallest absolute Gasteiger partial charge is 0.305 e. The number of rotatable bonds is 20. The fourth-order valence-corrected chi connectivity index (χ4v) is 2.95. The van der Waals surface area contributed by atoms with Crippen LogP contribution < -0.4 is 0 Å². The van der Waals surface area contributed by atoms with E-state index >= 15 is 0 Å². The first-order chi connectivity index (χ1) is 13.7. The van der Waals surface area contributed by atoms with Crippen molar-refractivity contribution in [1.82, 2.24) is 0 Å². The van der Waals surface area contributed by atoms with Crippen LogP contribution in [0.3, 0.4) is 0 Å². The molecule has 0 aliphatic carbocycles. The van der Waals surface area contributed by atoms with Gasteiger partial charge in [-0.3, -0.25) is 9.59 Å². The molecule has 0 saturated carbocycles. The van der Waals surface area contributed by atoms with E-state index in [9.17, 15) is 9.59 Å². The van der Waals surface area contributed by atoms with Gasteiger partial charge in [-0.2, -0.15) is 0 Å². The fraction of sp³-hybridized carbons (Fsp3) is 0.833. The Morgan fingerprint density at radius 3 is 1.68 bits per heavy atom. The predicted molar refractivity (Wildman–Crippen MR) is 116 cm³/mol. The van der Waals surface area contributed by atoms with Crippen LogP contribution in [0.25, 0.3) is 0 Å². The van der Waals surface area contributed by atoms with Gasteiger partial charge >= 0.3 is 11.9 Å². The molecule has 0 amide bonds. The minimum absolute atomic E-state index is 0.139. The summed E-state index contributed by atoms with van der Waals surface area (Å²) in [6, 6.07) is 0. The second-order valence-electron chi connectivity index (χ2n) is 7.48. The summed E-state index contributed by atoms with van der Waals surface area (Å²) < 4.78 is 10.1. The minimum Gasteiger partial charge on any atom is -0.466 e. The number of esters is 2. The quantitative estimate of drug-likeness (QED) is 0.127. The molecule has 0 unspecified atom stereocenters. The molecule has 0 aromatic carbocycles. The van der Waals surface area contributed by atoms with Gasteiger partial charge in [0.2, 0.25) is 0 Å². The molecule has 0 N–H and O–H groups in total. The summed E-state index contributed by atoms with van der Waals surface area (Å²) in [5.74, 6) is -0.348. The van der Waals surface area contributed by atoms with Crippen molar-refractivity contribution in [3.8, 4) is 0 Å². The first kappa shape index (κ1) is 26.7. The van der Waals surface area contributed by atoms with Crippen molar-refractivity contribution in [2.24, 2.45) is 0 Å². The third-order valence-corrected chi connectivity index (χ3v) is 4.75. The van der Waals surface area contributed by atoms with Crippen LogP contribution in [0.1, 0.15) is 117 Å². The first-order valence-corrected chi connectivity index (χ1v) is 11.7. The molecular weight excluding hydrogens is 352 g/mol. The highest BCUT2D eigenvalue weighted by Crippen LogP contribution is 2.10. The second-order valence-corrected chi connectivity index (χ2v) is 7.48. The van der Waals surface area contributed by atoms with E-state index in [1.54, 1.807) is 6.92 Å². The maximum atomic E-state index is 11.6. The monoisotopic (exact) mass is 396 g/mol. The maximum Gasteiger partial charge on any atom is 0.305 e. The zero-order valence-corrected chi connectivity index (χ0v) is 18.5. The van der Waals surface area contributed by atoms with Gasteiger partial charge in [0.05, 0.1) is 13.2 Å². The molecule has 0 aromatic heterocycles. The van der Waals surface area contributed by atoms with Crippen molar-refractivity contribution < 1.29 is 19.1 Å². The van der Waals surface area contributed by atoms with Crippen LogP contribution in [0, 0.1) is 0 Å². The van der Waals surface area contributed by atoms with Crippen LogP contribution >= 0.6 is 0 Å². The fourth-order valence-electron chi connectivity index (χ4n) is 2.95. The summed E-state index contributed by atoms with van der Waals surface area (Å²) in [5.41, 5.74) is 0. The molecule has 0 heterocycles. The van der Waals surface area contributed by atoms with Crippen LogP contribution in [-0.4, -0.2) is 25.2 Å². The number of carbonyl (C=O) groups excluding carboxylic acids is 2. The van der Waals surface area contributed by atoms with Crippen molar-refractivity contribution in [1.29, 1.82) is 0 Å². The van der Waals surface area contributed by atoms with Crippen molar-refractivity contribution in [2.45, 2.75) is 117 Å². The Hall–Kier alpha value is -1.32. The molecule has 0 aromatic rings. The standard InChI is InChI=1S/C24H44O4/c1-3-5-6-7-8-9-10-11-12-13-14-15-16-17-18-20-24(26)28-22-19-21-27-23(25)4-2/h11-12H,3-10,13-22H2,1-2H3/b12-11-. The molecular formula is C24H44O4. The van der Waals surface area contributed by atoms with Crippen molar-refractivity contribution in [3.63, 3.8) is 0 Å². The van der Waals surface area contributed by atoms with Gasteiger partial charge in [-0.25, -0.2) is 0 Å². The summed E-state index contributed by atoms with van der Waals surface area (Å²) in [7, 11) is 0. The van der Waals surface area contributed by atoms with Crippen LogP contribution in [0.4, 0.5) is 0 Å². The normalized spacial score (nSPS) is 11.1. The van der Waals surface area contributed by atoms with Gasteiger partial charge in [0, 0.05) is 19.3 Å². The predicted octanol–water partition coefficient (Wildman–Crippen LogP) is 6.91. The van der Waals surface area contributed by atoms with Crippen LogP contribution in [0.5, 0.6) is 0 Å². The van der Waals surface area contributed by atoms with Gasteiger partial charge < -0.3 is 9.47 Å². The molecule has 0 rings (SSSR count). The third kappa shape index (κ3) is 21.0. The van der Waals surface area contributed by atoms with E-state index in [0.29, 0.717) is 32.5 Å². The molecule has 4 heteroatoms. The summed E-state index contributed by atoms with van der Waals surface area (Å²) in [6.07, 6.45) is 22.4. The lowest BCUT2D eigenvalue weighted by atomic mass is 10.1. The highest BCUT2D eigenvalue weighted by atomic mass is 16.5. The van der Waals surface area contributed by atoms with Gasteiger partial charge in [0.25, 0.3) is 0 Å². The molecule has 0 radical (unpaired) electrons. The Labute approximate surface area is 173 Å². The van der Waals surface area contributed by atoms with Gasteiger partial charge in [-0.15, -0.1) is 0 Å². The number of hydrogen-bond donors (Lipinski definition) is 0. The number of carbonyl (C=O) groups is 2. The Balaban J connectivity index is 3.24. The van der Waals surface area contributed by atoms with E-state index in [2.05, 4.69) is 19.1 Å². The summed E-state index contributed by atoms with van der Waals surface area (Å²) in [5, 5.41) is 0. The van der Waals surface area contributed by atoms with Gasteiger partial charge in [0.1, 0.15) is 0 Å². The van der Waals surface area contributed by atoms with E-state index in [-0.39, 0.29) is 11.9 Å². The summed E-state index contributed by atoms with van der Waals surface area (Å²) >= 11 is 0. The van der Waals surface area contributed by atoms with Crippen molar-refractivity contribution >= 4 is 11.9 Å². The molecule has 164 valence electrons. The lowest BCUT2D eigenvalue weighted by Crippen LogP contribution is -2.10. The topological polar surface area (TPSA) is 52.6 Å². The van der Waals surface area contributed by atoms with E-state index in [4.69, 9.17) is 9.47 Å². The lowest BCUT2D eigenvalue weighted by Gasteiger charge is -2.05. The van der Waals surface area contributed by atoms with Gasteiger partial charge in [-0.1, -0.05) is 77.4 Å². The second kappa shape index (κ2) is 22.0. The first-order valence-electron chi connectivity index (χ1n) is 11.7. The Kier molecular flexibility index (Phi) is 20.9. The summed E-state index contributed by atoms with van der Waals surface area (Å²) in [6.45, 7) is 4.68.